The van der Waals surface area contributed by atoms with Crippen molar-refractivity contribution in [3.63, 3.8) is 0 Å². The van der Waals surface area contributed by atoms with E-state index in [0.29, 0.717) is 0 Å². The van der Waals surface area contributed by atoms with Gasteiger partial charge in [0.1, 0.15) is 0 Å². The molecule has 0 spiro atoms. The molecule has 1 aliphatic rings. The molecule has 0 unspecified atom stereocenters. The van der Waals surface area contributed by atoms with Crippen LogP contribution in [0.3, 0.4) is 0 Å². The first kappa shape index (κ1) is 9.96. The Morgan fingerprint density at radius 2 is 2.00 bits per heavy atom. The topological polar surface area (TPSA) is 28.0 Å². The molecule has 0 amide bonds. The number of likely N-dealkylation sites (tertiary alicyclic amines) is 1. The molecule has 0 aromatic heterocycles. The van der Waals surface area contributed by atoms with Crippen LogP contribution in [0.5, 0.6) is 0 Å². The van der Waals surface area contributed by atoms with Gasteiger partial charge >= 0.3 is 0 Å². The summed E-state index contributed by atoms with van der Waals surface area (Å²) >= 11 is 0. The average Bonchev–Trinajstić information content (AvgIpc) is 2.21. The Balaban J connectivity index is 2.54. The molecule has 1 aliphatic heterocycles. The van der Waals surface area contributed by atoms with Gasteiger partial charge in [0.05, 0.1) is 0 Å². The molecule has 0 aromatic carbocycles. The van der Waals surface area contributed by atoms with Crippen LogP contribution in [0, 0.1) is 0 Å². The van der Waals surface area contributed by atoms with Gasteiger partial charge in [-0.15, -0.1) is 0 Å². The lowest BCUT2D eigenvalue weighted by Gasteiger charge is -2.27. The molecule has 1 heterocycles. The van der Waals surface area contributed by atoms with E-state index >= 15 is 0 Å². The fourth-order valence-corrected chi connectivity index (χ4v) is 1.49. The first-order chi connectivity index (χ1) is 6.38. The molecule has 3 nitrogen and oxygen atoms in total. The minimum atomic E-state index is 0.833. The van der Waals surface area contributed by atoms with E-state index in [-0.39, 0.29) is 0 Å². The van der Waals surface area contributed by atoms with Crippen molar-refractivity contribution in [3.05, 3.63) is 12.7 Å². The number of guanidine groups is 1. The molecule has 3 heteroatoms. The van der Waals surface area contributed by atoms with Gasteiger partial charge in [-0.05, 0) is 19.3 Å². The summed E-state index contributed by atoms with van der Waals surface area (Å²) in [6.45, 7) is 5.76. The Hall–Kier alpha value is -1.12. The van der Waals surface area contributed by atoms with Crippen LogP contribution in [0.1, 0.15) is 19.3 Å². The molecular formula is C10H17N3. The van der Waals surface area contributed by atoms with Crippen molar-refractivity contribution in [1.82, 2.24) is 4.90 Å². The number of hydrogen-bond acceptors (Lipinski definition) is 1. The zero-order valence-electron chi connectivity index (χ0n) is 8.24. The van der Waals surface area contributed by atoms with Crippen LogP contribution < -0.4 is 0 Å². The average molecular weight is 179 g/mol. The molecule has 0 N–H and O–H groups in total. The summed E-state index contributed by atoms with van der Waals surface area (Å²) in [5, 5.41) is 0. The van der Waals surface area contributed by atoms with Crippen molar-refractivity contribution in [1.29, 1.82) is 0 Å². The monoisotopic (exact) mass is 179 g/mol. The highest BCUT2D eigenvalue weighted by Gasteiger charge is 2.12. The van der Waals surface area contributed by atoms with Crippen molar-refractivity contribution < 1.29 is 0 Å². The third-order valence-electron chi connectivity index (χ3n) is 2.13. The summed E-state index contributed by atoms with van der Waals surface area (Å²) in [4.78, 5) is 10.6. The second-order valence-corrected chi connectivity index (χ2v) is 3.09. The molecule has 1 rings (SSSR count). The van der Waals surface area contributed by atoms with Crippen molar-refractivity contribution in [3.8, 4) is 0 Å². The van der Waals surface area contributed by atoms with Crippen LogP contribution in [0.25, 0.3) is 0 Å². The summed E-state index contributed by atoms with van der Waals surface area (Å²) in [5.41, 5.74) is 0. The Kier molecular flexibility index (Phi) is 4.23. The van der Waals surface area contributed by atoms with E-state index < -0.39 is 0 Å². The maximum absolute atomic E-state index is 4.22. The summed E-state index contributed by atoms with van der Waals surface area (Å²) in [5.74, 6) is 0.833. The molecule has 72 valence electrons. The van der Waals surface area contributed by atoms with E-state index in [2.05, 4.69) is 21.5 Å². The number of allylic oxidation sites excluding steroid dienone is 1. The van der Waals surface area contributed by atoms with Gasteiger partial charge in [-0.2, -0.15) is 0 Å². The van der Waals surface area contributed by atoms with Crippen molar-refractivity contribution in [2.24, 2.45) is 9.98 Å². The van der Waals surface area contributed by atoms with Gasteiger partial charge in [0.25, 0.3) is 0 Å². The second-order valence-electron chi connectivity index (χ2n) is 3.09. The van der Waals surface area contributed by atoms with Crippen LogP contribution in [0.4, 0.5) is 0 Å². The highest BCUT2D eigenvalue weighted by Crippen LogP contribution is 2.09. The molecule has 1 saturated heterocycles. The van der Waals surface area contributed by atoms with E-state index in [4.69, 9.17) is 0 Å². The summed E-state index contributed by atoms with van der Waals surface area (Å²) in [6, 6.07) is 0. The van der Waals surface area contributed by atoms with E-state index in [1.807, 2.05) is 0 Å². The van der Waals surface area contributed by atoms with Gasteiger partial charge in [-0.3, -0.25) is 4.99 Å². The number of hydrogen-bond donors (Lipinski definition) is 0. The smallest absolute Gasteiger partial charge is 0.220 e. The second kappa shape index (κ2) is 5.51. The minimum Gasteiger partial charge on any atom is -0.341 e. The number of nitrogens with zero attached hydrogens (tertiary/aromatic N) is 3. The Morgan fingerprint density at radius 3 is 2.54 bits per heavy atom. The van der Waals surface area contributed by atoms with Crippen LogP contribution in [-0.2, 0) is 0 Å². The van der Waals surface area contributed by atoms with Gasteiger partial charge in [-0.25, -0.2) is 4.99 Å². The molecule has 0 aliphatic carbocycles. The molecule has 0 saturated carbocycles. The van der Waals surface area contributed by atoms with E-state index in [9.17, 15) is 0 Å². The van der Waals surface area contributed by atoms with E-state index in [1.165, 1.54) is 19.3 Å². The van der Waals surface area contributed by atoms with Crippen LogP contribution in [0.15, 0.2) is 22.6 Å². The maximum atomic E-state index is 4.22. The largest absolute Gasteiger partial charge is 0.341 e. The fourth-order valence-electron chi connectivity index (χ4n) is 1.49. The van der Waals surface area contributed by atoms with Gasteiger partial charge < -0.3 is 4.90 Å². The van der Waals surface area contributed by atoms with E-state index in [0.717, 1.165) is 19.0 Å². The zero-order chi connectivity index (χ0) is 9.52. The molecular weight excluding hydrogens is 162 g/mol. The standard InChI is InChI=1S/C10H17N3/c1-3-7-12-10(11-2)13-8-5-4-6-9-13/h3,7H,1,4-6,8-9H2,2H3/b11-10?,12-7-. The predicted octanol–water partition coefficient (Wildman–Crippen LogP) is 1.71. The quantitative estimate of drug-likeness (QED) is 0.445. The first-order valence-electron chi connectivity index (χ1n) is 4.75. The molecule has 1 fully saturated rings. The predicted molar refractivity (Wildman–Crippen MR) is 57.5 cm³/mol. The Bertz CT molecular complexity index is 212. The normalized spacial score (nSPS) is 19.5. The summed E-state index contributed by atoms with van der Waals surface area (Å²) in [7, 11) is 1.78. The third-order valence-corrected chi connectivity index (χ3v) is 2.13. The summed E-state index contributed by atoms with van der Waals surface area (Å²) in [6.07, 6.45) is 7.20. The Labute approximate surface area is 79.9 Å². The maximum Gasteiger partial charge on any atom is 0.220 e. The lowest BCUT2D eigenvalue weighted by molar-refractivity contribution is 0.339. The molecule has 0 radical (unpaired) electrons. The van der Waals surface area contributed by atoms with Crippen molar-refractivity contribution in [2.45, 2.75) is 19.3 Å². The van der Waals surface area contributed by atoms with Gasteiger partial charge in [0.15, 0.2) is 0 Å². The van der Waals surface area contributed by atoms with Gasteiger partial charge in [-0.1, -0.05) is 12.7 Å². The minimum absolute atomic E-state index is 0.833. The molecule has 13 heavy (non-hydrogen) atoms. The number of aliphatic imine (C=N–C) groups is 2. The van der Waals surface area contributed by atoms with Crippen LogP contribution >= 0.6 is 0 Å². The van der Waals surface area contributed by atoms with Gasteiger partial charge in [0, 0.05) is 26.4 Å². The lowest BCUT2D eigenvalue weighted by Crippen LogP contribution is -2.34. The first-order valence-corrected chi connectivity index (χ1v) is 4.75. The summed E-state index contributed by atoms with van der Waals surface area (Å²) < 4.78 is 0. The molecule has 0 aromatic rings. The zero-order valence-corrected chi connectivity index (χ0v) is 8.24. The van der Waals surface area contributed by atoms with Crippen molar-refractivity contribution >= 4 is 12.2 Å². The highest BCUT2D eigenvalue weighted by molar-refractivity contribution is 5.90. The fraction of sp³-hybridized carbons (Fsp3) is 0.600. The molecule has 0 atom stereocenters. The van der Waals surface area contributed by atoms with Gasteiger partial charge in [0.2, 0.25) is 5.96 Å². The molecule has 0 bridgehead atoms. The Morgan fingerprint density at radius 1 is 1.31 bits per heavy atom. The lowest BCUT2D eigenvalue weighted by atomic mass is 10.1. The third kappa shape index (κ3) is 3.01. The van der Waals surface area contributed by atoms with Crippen LogP contribution in [0.2, 0.25) is 0 Å². The SMILES string of the molecule is C=C/C=N\C(=NC)N1CCCCC1. The van der Waals surface area contributed by atoms with E-state index in [1.54, 1.807) is 19.3 Å². The number of piperidine rings is 1. The number of rotatable bonds is 1. The van der Waals surface area contributed by atoms with Crippen molar-refractivity contribution in [2.75, 3.05) is 20.1 Å². The highest BCUT2D eigenvalue weighted by atomic mass is 15.3. The van der Waals surface area contributed by atoms with Crippen LogP contribution in [-0.4, -0.2) is 37.2 Å².